The number of para-hydroxylation sites is 2. The van der Waals surface area contributed by atoms with E-state index in [2.05, 4.69) is 15.8 Å². The SMILES string of the molecule is CCOc1ccccc1NC(=O)C(=O)N/N=C(\C)c1ccc(OC(=O)c2cccc(C)c2)c(OC)c1. The molecule has 36 heavy (non-hydrogen) atoms. The zero-order valence-electron chi connectivity index (χ0n) is 20.5. The molecule has 0 fully saturated rings. The molecule has 0 aliphatic carbocycles. The minimum absolute atomic E-state index is 0.233. The van der Waals surface area contributed by atoms with Crippen molar-refractivity contribution in [2.24, 2.45) is 5.10 Å². The van der Waals surface area contributed by atoms with Gasteiger partial charge in [-0.1, -0.05) is 29.8 Å². The van der Waals surface area contributed by atoms with Crippen molar-refractivity contribution in [3.8, 4) is 17.2 Å². The molecule has 0 unspecified atom stereocenters. The quantitative estimate of drug-likeness (QED) is 0.162. The summed E-state index contributed by atoms with van der Waals surface area (Å²) in [6, 6.07) is 18.7. The zero-order chi connectivity index (χ0) is 26.1. The predicted octanol–water partition coefficient (Wildman–Crippen LogP) is 4.10. The molecule has 2 amide bonds. The average molecular weight is 490 g/mol. The smallest absolute Gasteiger partial charge is 0.343 e. The highest BCUT2D eigenvalue weighted by molar-refractivity contribution is 6.39. The van der Waals surface area contributed by atoms with Crippen LogP contribution in [-0.4, -0.2) is 37.2 Å². The Balaban J connectivity index is 1.67. The molecule has 3 aromatic rings. The normalized spacial score (nSPS) is 10.8. The number of hydrogen-bond acceptors (Lipinski definition) is 7. The van der Waals surface area contributed by atoms with Crippen LogP contribution in [-0.2, 0) is 9.59 Å². The molecule has 0 aliphatic rings. The van der Waals surface area contributed by atoms with Gasteiger partial charge in [0, 0.05) is 5.56 Å². The lowest BCUT2D eigenvalue weighted by Gasteiger charge is -2.12. The Morgan fingerprint density at radius 1 is 0.861 bits per heavy atom. The van der Waals surface area contributed by atoms with E-state index in [0.29, 0.717) is 40.6 Å². The maximum absolute atomic E-state index is 12.5. The Kier molecular flexibility index (Phi) is 8.77. The topological polar surface area (TPSA) is 115 Å². The van der Waals surface area contributed by atoms with Gasteiger partial charge in [0.1, 0.15) is 5.75 Å². The van der Waals surface area contributed by atoms with E-state index in [-0.39, 0.29) is 5.75 Å². The van der Waals surface area contributed by atoms with E-state index < -0.39 is 17.8 Å². The van der Waals surface area contributed by atoms with Crippen molar-refractivity contribution in [1.29, 1.82) is 0 Å². The number of hydrazone groups is 1. The van der Waals surface area contributed by atoms with Gasteiger partial charge in [-0.2, -0.15) is 5.10 Å². The Morgan fingerprint density at radius 3 is 2.36 bits per heavy atom. The highest BCUT2D eigenvalue weighted by Crippen LogP contribution is 2.29. The second-order valence-electron chi connectivity index (χ2n) is 7.65. The van der Waals surface area contributed by atoms with Gasteiger partial charge in [-0.15, -0.1) is 0 Å². The number of hydrogen-bond donors (Lipinski definition) is 2. The van der Waals surface area contributed by atoms with Gasteiger partial charge in [0.25, 0.3) is 0 Å². The number of carbonyl (C=O) groups is 3. The number of anilines is 1. The van der Waals surface area contributed by atoms with Crippen molar-refractivity contribution in [2.45, 2.75) is 20.8 Å². The summed E-state index contributed by atoms with van der Waals surface area (Å²) in [5, 5.41) is 6.51. The van der Waals surface area contributed by atoms with Crippen LogP contribution in [0.1, 0.15) is 35.3 Å². The van der Waals surface area contributed by atoms with Crippen molar-refractivity contribution < 1.29 is 28.6 Å². The van der Waals surface area contributed by atoms with Crippen LogP contribution < -0.4 is 25.0 Å². The van der Waals surface area contributed by atoms with Crippen LogP contribution in [0.15, 0.2) is 71.8 Å². The number of methoxy groups -OCH3 is 1. The lowest BCUT2D eigenvalue weighted by molar-refractivity contribution is -0.136. The van der Waals surface area contributed by atoms with Gasteiger partial charge < -0.3 is 19.5 Å². The fraction of sp³-hybridized carbons (Fsp3) is 0.185. The number of rotatable bonds is 8. The fourth-order valence-corrected chi connectivity index (χ4v) is 3.19. The standard InChI is InChI=1S/C27H27N3O6/c1-5-35-22-12-7-6-11-21(22)28-25(31)26(32)30-29-18(3)19-13-14-23(24(16-19)34-4)36-27(33)20-10-8-9-17(2)15-20/h6-16H,5H2,1-4H3,(H,28,31)(H,30,32)/b29-18+. The molecule has 3 aromatic carbocycles. The number of aryl methyl sites for hydroxylation is 1. The summed E-state index contributed by atoms with van der Waals surface area (Å²) in [5.74, 6) is -1.36. The highest BCUT2D eigenvalue weighted by Gasteiger charge is 2.17. The molecule has 0 heterocycles. The molecule has 0 saturated heterocycles. The van der Waals surface area contributed by atoms with Crippen LogP contribution in [0.2, 0.25) is 0 Å². The molecule has 2 N–H and O–H groups in total. The van der Waals surface area contributed by atoms with Crippen molar-refractivity contribution in [1.82, 2.24) is 5.43 Å². The third-order valence-corrected chi connectivity index (χ3v) is 5.00. The fourth-order valence-electron chi connectivity index (χ4n) is 3.19. The number of amides is 2. The van der Waals surface area contributed by atoms with E-state index in [1.165, 1.54) is 7.11 Å². The minimum Gasteiger partial charge on any atom is -0.493 e. The first-order valence-corrected chi connectivity index (χ1v) is 11.2. The molecule has 0 radical (unpaired) electrons. The van der Waals surface area contributed by atoms with E-state index in [0.717, 1.165) is 5.56 Å². The molecule has 0 aromatic heterocycles. The second-order valence-corrected chi connectivity index (χ2v) is 7.65. The van der Waals surface area contributed by atoms with Gasteiger partial charge >= 0.3 is 17.8 Å². The Morgan fingerprint density at radius 2 is 1.64 bits per heavy atom. The molecule has 0 spiro atoms. The first-order valence-electron chi connectivity index (χ1n) is 11.2. The summed E-state index contributed by atoms with van der Waals surface area (Å²) in [6.07, 6.45) is 0. The summed E-state index contributed by atoms with van der Waals surface area (Å²) in [4.78, 5) is 37.0. The molecule has 0 atom stereocenters. The van der Waals surface area contributed by atoms with Gasteiger partial charge in [0.2, 0.25) is 0 Å². The number of ether oxygens (including phenoxy) is 3. The van der Waals surface area contributed by atoms with Crippen molar-refractivity contribution >= 4 is 29.2 Å². The maximum atomic E-state index is 12.5. The van der Waals surface area contributed by atoms with E-state index in [1.54, 1.807) is 67.6 Å². The molecular weight excluding hydrogens is 462 g/mol. The first kappa shape index (κ1) is 26.0. The van der Waals surface area contributed by atoms with Crippen molar-refractivity contribution in [3.63, 3.8) is 0 Å². The number of esters is 1. The second kappa shape index (κ2) is 12.2. The monoisotopic (exact) mass is 489 g/mol. The Hall–Kier alpha value is -4.66. The van der Waals surface area contributed by atoms with Crippen molar-refractivity contribution in [3.05, 3.63) is 83.4 Å². The Labute approximate surface area is 209 Å². The van der Waals surface area contributed by atoms with Crippen LogP contribution in [0.4, 0.5) is 5.69 Å². The summed E-state index contributed by atoms with van der Waals surface area (Å²) in [6.45, 7) is 5.76. The van der Waals surface area contributed by atoms with E-state index in [1.807, 2.05) is 19.9 Å². The molecule has 9 heteroatoms. The molecule has 186 valence electrons. The summed E-state index contributed by atoms with van der Waals surface area (Å²) < 4.78 is 16.3. The van der Waals surface area contributed by atoms with Crippen LogP contribution in [0.3, 0.4) is 0 Å². The molecule has 0 aliphatic heterocycles. The highest BCUT2D eigenvalue weighted by atomic mass is 16.6. The third-order valence-electron chi connectivity index (χ3n) is 5.00. The summed E-state index contributed by atoms with van der Waals surface area (Å²) >= 11 is 0. The molecule has 9 nitrogen and oxygen atoms in total. The number of nitrogens with zero attached hydrogens (tertiary/aromatic N) is 1. The third kappa shape index (κ3) is 6.69. The van der Waals surface area contributed by atoms with E-state index in [4.69, 9.17) is 14.2 Å². The van der Waals surface area contributed by atoms with E-state index >= 15 is 0 Å². The Bertz CT molecular complexity index is 1300. The number of carbonyl (C=O) groups excluding carboxylic acids is 3. The van der Waals surface area contributed by atoms with Crippen LogP contribution in [0.25, 0.3) is 0 Å². The van der Waals surface area contributed by atoms with Crippen molar-refractivity contribution in [2.75, 3.05) is 19.0 Å². The van der Waals surface area contributed by atoms with Gasteiger partial charge in [-0.3, -0.25) is 9.59 Å². The first-order chi connectivity index (χ1) is 17.3. The van der Waals surface area contributed by atoms with Gasteiger partial charge in [0.15, 0.2) is 11.5 Å². The lowest BCUT2D eigenvalue weighted by atomic mass is 10.1. The molecular formula is C27H27N3O6. The van der Waals surface area contributed by atoms with Gasteiger partial charge in [-0.05, 0) is 63.2 Å². The molecule has 3 rings (SSSR count). The summed E-state index contributed by atoms with van der Waals surface area (Å²) in [7, 11) is 1.45. The van der Waals surface area contributed by atoms with Crippen LogP contribution in [0, 0.1) is 6.92 Å². The van der Waals surface area contributed by atoms with E-state index in [9.17, 15) is 14.4 Å². The average Bonchev–Trinajstić information content (AvgIpc) is 2.88. The lowest BCUT2D eigenvalue weighted by Crippen LogP contribution is -2.33. The molecule has 0 bridgehead atoms. The van der Waals surface area contributed by atoms with Gasteiger partial charge in [-0.25, -0.2) is 10.2 Å². The molecule has 0 saturated carbocycles. The maximum Gasteiger partial charge on any atom is 0.343 e. The summed E-state index contributed by atoms with van der Waals surface area (Å²) in [5.41, 5.74) is 4.96. The van der Waals surface area contributed by atoms with Crippen LogP contribution >= 0.6 is 0 Å². The predicted molar refractivity (Wildman–Crippen MR) is 136 cm³/mol. The minimum atomic E-state index is -0.948. The van der Waals surface area contributed by atoms with Gasteiger partial charge in [0.05, 0.1) is 30.7 Å². The number of benzene rings is 3. The zero-order valence-corrected chi connectivity index (χ0v) is 20.5. The number of nitrogens with one attached hydrogen (secondary N) is 2. The largest absolute Gasteiger partial charge is 0.493 e. The van der Waals surface area contributed by atoms with Crippen LogP contribution in [0.5, 0.6) is 17.2 Å².